The molecule has 0 aromatic heterocycles. The predicted octanol–water partition coefficient (Wildman–Crippen LogP) is 3.42. The molecular weight excluding hydrogens is 156 g/mol. The topological polar surface area (TPSA) is 0 Å². The molecule has 0 N–H and O–H groups in total. The number of hydrogen-bond donors (Lipinski definition) is 0. The van der Waals surface area contributed by atoms with Crippen LogP contribution < -0.4 is 0 Å². The maximum absolute atomic E-state index is 3.18. The second-order valence-corrected chi connectivity index (χ2v) is 3.09. The van der Waals surface area contributed by atoms with Crippen LogP contribution in [-0.2, 0) is 6.42 Å². The quantitative estimate of drug-likeness (QED) is 0.613. The summed E-state index contributed by atoms with van der Waals surface area (Å²) in [5, 5.41) is 0. The molecule has 68 valence electrons. The van der Waals surface area contributed by atoms with Crippen LogP contribution in [0.15, 0.2) is 30.3 Å². The highest BCUT2D eigenvalue weighted by molar-refractivity contribution is 5.16. The van der Waals surface area contributed by atoms with E-state index in [2.05, 4.69) is 43.0 Å². The average molecular weight is 172 g/mol. The van der Waals surface area contributed by atoms with E-state index in [0.29, 0.717) is 0 Å². The first-order chi connectivity index (χ1) is 6.43. The van der Waals surface area contributed by atoms with Gasteiger partial charge in [-0.25, -0.2) is 0 Å². The molecule has 0 unspecified atom stereocenters. The minimum atomic E-state index is 0.990. The van der Waals surface area contributed by atoms with Gasteiger partial charge in [-0.05, 0) is 18.4 Å². The van der Waals surface area contributed by atoms with Crippen molar-refractivity contribution in [3.63, 3.8) is 0 Å². The molecule has 0 aliphatic rings. The Labute approximate surface area is 81.0 Å². The van der Waals surface area contributed by atoms with Crippen LogP contribution >= 0.6 is 0 Å². The van der Waals surface area contributed by atoms with Crippen molar-refractivity contribution in [3.8, 4) is 11.8 Å². The number of hydrogen-bond acceptors (Lipinski definition) is 0. The first kappa shape index (κ1) is 9.86. The molecule has 0 heteroatoms. The van der Waals surface area contributed by atoms with Crippen LogP contribution in [0.5, 0.6) is 0 Å². The summed E-state index contributed by atoms with van der Waals surface area (Å²) in [4.78, 5) is 0. The number of rotatable bonds is 3. The summed E-state index contributed by atoms with van der Waals surface area (Å²) in [6, 6.07) is 10.5. The zero-order chi connectivity index (χ0) is 9.36. The highest BCUT2D eigenvalue weighted by Crippen LogP contribution is 2.01. The molecule has 0 saturated heterocycles. The van der Waals surface area contributed by atoms with E-state index >= 15 is 0 Å². The van der Waals surface area contributed by atoms with Crippen LogP contribution in [-0.4, -0.2) is 0 Å². The minimum absolute atomic E-state index is 0.990. The van der Waals surface area contributed by atoms with Gasteiger partial charge >= 0.3 is 0 Å². The van der Waals surface area contributed by atoms with Crippen LogP contribution in [0.2, 0.25) is 0 Å². The van der Waals surface area contributed by atoms with E-state index in [1.807, 2.05) is 6.07 Å². The summed E-state index contributed by atoms with van der Waals surface area (Å²) < 4.78 is 0. The third kappa shape index (κ3) is 4.38. The van der Waals surface area contributed by atoms with Gasteiger partial charge in [0.15, 0.2) is 0 Å². The lowest BCUT2D eigenvalue weighted by Gasteiger charge is -1.94. The van der Waals surface area contributed by atoms with Gasteiger partial charge in [-0.3, -0.25) is 0 Å². The maximum atomic E-state index is 3.18. The van der Waals surface area contributed by atoms with E-state index in [0.717, 1.165) is 19.3 Å². The first-order valence-electron chi connectivity index (χ1n) is 4.93. The Balaban J connectivity index is 2.25. The molecule has 0 radical (unpaired) electrons. The van der Waals surface area contributed by atoms with Crippen molar-refractivity contribution >= 4 is 0 Å². The Hall–Kier alpha value is -1.22. The standard InChI is InChI=1S/C13H16/c1-2-3-4-5-7-10-13-11-8-6-9-12-13/h6,8-9,11-12H,2-3,7,10H2,1H3. The molecule has 0 spiro atoms. The van der Waals surface area contributed by atoms with Crippen molar-refractivity contribution in [2.75, 3.05) is 0 Å². The molecule has 0 amide bonds. The van der Waals surface area contributed by atoms with Gasteiger partial charge in [0.25, 0.3) is 0 Å². The van der Waals surface area contributed by atoms with E-state index < -0.39 is 0 Å². The molecule has 0 atom stereocenters. The van der Waals surface area contributed by atoms with E-state index in [4.69, 9.17) is 0 Å². The summed E-state index contributed by atoms with van der Waals surface area (Å²) in [7, 11) is 0. The second-order valence-electron chi connectivity index (χ2n) is 3.09. The van der Waals surface area contributed by atoms with Crippen LogP contribution in [0.3, 0.4) is 0 Å². The number of unbranched alkanes of at least 4 members (excludes halogenated alkanes) is 1. The highest BCUT2D eigenvalue weighted by Gasteiger charge is 1.87. The third-order valence-electron chi connectivity index (χ3n) is 1.88. The molecule has 0 heterocycles. The fourth-order valence-corrected chi connectivity index (χ4v) is 1.15. The van der Waals surface area contributed by atoms with Crippen molar-refractivity contribution in [2.45, 2.75) is 32.6 Å². The van der Waals surface area contributed by atoms with Gasteiger partial charge in [-0.15, -0.1) is 11.8 Å². The van der Waals surface area contributed by atoms with Gasteiger partial charge in [-0.2, -0.15) is 0 Å². The molecule has 0 bridgehead atoms. The molecule has 0 nitrogen and oxygen atoms in total. The second kappa shape index (κ2) is 6.31. The molecular formula is C13H16. The van der Waals surface area contributed by atoms with E-state index in [-0.39, 0.29) is 0 Å². The van der Waals surface area contributed by atoms with Crippen molar-refractivity contribution < 1.29 is 0 Å². The van der Waals surface area contributed by atoms with Crippen LogP contribution in [0.4, 0.5) is 0 Å². The Bertz CT molecular complexity index is 274. The Morgan fingerprint density at radius 3 is 2.38 bits per heavy atom. The molecule has 1 rings (SSSR count). The van der Waals surface area contributed by atoms with Gasteiger partial charge in [-0.1, -0.05) is 37.3 Å². The van der Waals surface area contributed by atoms with E-state index in [1.54, 1.807) is 0 Å². The van der Waals surface area contributed by atoms with Crippen molar-refractivity contribution in [1.82, 2.24) is 0 Å². The lowest BCUT2D eigenvalue weighted by Crippen LogP contribution is -1.81. The summed E-state index contributed by atoms with van der Waals surface area (Å²) in [6.07, 6.45) is 4.27. The number of aryl methyl sites for hydroxylation is 1. The summed E-state index contributed by atoms with van der Waals surface area (Å²) in [5.41, 5.74) is 1.38. The van der Waals surface area contributed by atoms with Crippen LogP contribution in [0, 0.1) is 11.8 Å². The molecule has 0 fully saturated rings. The fraction of sp³-hybridized carbons (Fsp3) is 0.385. The SMILES string of the molecule is CCCC#CCCc1ccccc1. The first-order valence-corrected chi connectivity index (χ1v) is 4.93. The van der Waals surface area contributed by atoms with Crippen molar-refractivity contribution in [1.29, 1.82) is 0 Å². The lowest BCUT2D eigenvalue weighted by atomic mass is 10.1. The monoisotopic (exact) mass is 172 g/mol. The largest absolute Gasteiger partial charge is 0.103 e. The predicted molar refractivity (Wildman–Crippen MR) is 57.4 cm³/mol. The summed E-state index contributed by atoms with van der Waals surface area (Å²) in [6.45, 7) is 2.16. The normalized spacial score (nSPS) is 9.00. The van der Waals surface area contributed by atoms with Crippen molar-refractivity contribution in [2.24, 2.45) is 0 Å². The van der Waals surface area contributed by atoms with E-state index in [9.17, 15) is 0 Å². The lowest BCUT2D eigenvalue weighted by molar-refractivity contribution is 0.974. The minimum Gasteiger partial charge on any atom is -0.103 e. The highest BCUT2D eigenvalue weighted by atomic mass is 13.9. The molecule has 1 aromatic carbocycles. The number of benzene rings is 1. The van der Waals surface area contributed by atoms with Crippen molar-refractivity contribution in [3.05, 3.63) is 35.9 Å². The summed E-state index contributed by atoms with van der Waals surface area (Å²) in [5.74, 6) is 6.34. The van der Waals surface area contributed by atoms with Gasteiger partial charge in [0, 0.05) is 12.8 Å². The van der Waals surface area contributed by atoms with Gasteiger partial charge in [0.05, 0.1) is 0 Å². The van der Waals surface area contributed by atoms with Gasteiger partial charge in [0.2, 0.25) is 0 Å². The average Bonchev–Trinajstić information content (AvgIpc) is 2.19. The summed E-state index contributed by atoms with van der Waals surface area (Å²) >= 11 is 0. The Morgan fingerprint density at radius 2 is 1.69 bits per heavy atom. The molecule has 0 aliphatic heterocycles. The van der Waals surface area contributed by atoms with E-state index in [1.165, 1.54) is 12.0 Å². The molecule has 1 aromatic rings. The third-order valence-corrected chi connectivity index (χ3v) is 1.88. The molecule has 13 heavy (non-hydrogen) atoms. The zero-order valence-corrected chi connectivity index (χ0v) is 8.22. The fourth-order valence-electron chi connectivity index (χ4n) is 1.15. The van der Waals surface area contributed by atoms with Gasteiger partial charge < -0.3 is 0 Å². The molecule has 0 saturated carbocycles. The molecule has 0 aliphatic carbocycles. The maximum Gasteiger partial charge on any atom is 0.0129 e. The smallest absolute Gasteiger partial charge is 0.0129 e. The zero-order valence-electron chi connectivity index (χ0n) is 8.22. The Kier molecular flexibility index (Phi) is 4.79. The van der Waals surface area contributed by atoms with Crippen LogP contribution in [0.25, 0.3) is 0 Å². The van der Waals surface area contributed by atoms with Gasteiger partial charge in [0.1, 0.15) is 0 Å². The Morgan fingerprint density at radius 1 is 1.00 bits per heavy atom. The van der Waals surface area contributed by atoms with Crippen LogP contribution in [0.1, 0.15) is 31.7 Å².